The van der Waals surface area contributed by atoms with Gasteiger partial charge in [-0.1, -0.05) is 0 Å². The number of alkyl halides is 3. The minimum absolute atomic E-state index is 0.185. The first-order valence-electron chi connectivity index (χ1n) is 10.8. The van der Waals surface area contributed by atoms with Crippen molar-refractivity contribution in [2.24, 2.45) is 13.0 Å². The Hall–Kier alpha value is -2.53. The number of carbonyl (C=O) groups excluding carboxylic acids is 1. The lowest BCUT2D eigenvalue weighted by Gasteiger charge is -2.39. The smallest absolute Gasteiger partial charge is 0.381 e. The van der Waals surface area contributed by atoms with Gasteiger partial charge in [0, 0.05) is 38.9 Å². The molecule has 1 amide bonds. The molecule has 0 saturated carbocycles. The predicted molar refractivity (Wildman–Crippen MR) is 110 cm³/mol. The summed E-state index contributed by atoms with van der Waals surface area (Å²) < 4.78 is 47.0. The van der Waals surface area contributed by atoms with Gasteiger partial charge in [-0.15, -0.1) is 0 Å². The quantitative estimate of drug-likeness (QED) is 0.751. The predicted octanol–water partition coefficient (Wildman–Crippen LogP) is 2.52. The maximum Gasteiger partial charge on any atom is 0.433 e. The Balaban J connectivity index is 1.39. The molecule has 0 atom stereocenters. The van der Waals surface area contributed by atoms with Gasteiger partial charge in [-0.2, -0.15) is 13.2 Å². The number of ether oxygens (including phenoxy) is 1. The number of halogens is 3. The van der Waals surface area contributed by atoms with Crippen molar-refractivity contribution in [2.75, 3.05) is 32.8 Å². The van der Waals surface area contributed by atoms with Gasteiger partial charge >= 0.3 is 6.18 Å². The third-order valence-electron chi connectivity index (χ3n) is 6.20. The normalized spacial score (nSPS) is 19.2. The fourth-order valence-electron chi connectivity index (χ4n) is 4.30. The Morgan fingerprint density at radius 3 is 2.53 bits per heavy atom. The number of likely N-dealkylation sites (tertiary alicyclic amines) is 1. The Morgan fingerprint density at radius 1 is 1.19 bits per heavy atom. The highest BCUT2D eigenvalue weighted by atomic mass is 19.4. The molecule has 0 aromatic carbocycles. The Bertz CT molecular complexity index is 934. The molecule has 0 unspecified atom stereocenters. The second-order valence-electron chi connectivity index (χ2n) is 8.38. The highest BCUT2D eigenvalue weighted by molar-refractivity contribution is 5.92. The van der Waals surface area contributed by atoms with E-state index in [2.05, 4.69) is 25.2 Å². The van der Waals surface area contributed by atoms with Gasteiger partial charge in [-0.25, -0.2) is 15.0 Å². The molecular formula is C21H27F3N6O2. The Kier molecular flexibility index (Phi) is 6.75. The summed E-state index contributed by atoms with van der Waals surface area (Å²) in [6, 6.07) is 1.26. The van der Waals surface area contributed by atoms with Gasteiger partial charge in [0.05, 0.1) is 12.5 Å². The largest absolute Gasteiger partial charge is 0.433 e. The van der Waals surface area contributed by atoms with Crippen molar-refractivity contribution < 1.29 is 22.7 Å². The highest BCUT2D eigenvalue weighted by Crippen LogP contribution is 2.29. The topological polar surface area (TPSA) is 85.2 Å². The zero-order chi connectivity index (χ0) is 22.7. The summed E-state index contributed by atoms with van der Waals surface area (Å²) in [5.74, 6) is -0.529. The summed E-state index contributed by atoms with van der Waals surface area (Å²) in [6.07, 6.45) is 2.09. The van der Waals surface area contributed by atoms with Crippen LogP contribution in [-0.4, -0.2) is 69.2 Å². The van der Waals surface area contributed by atoms with Gasteiger partial charge in [-0.05, 0) is 44.7 Å². The van der Waals surface area contributed by atoms with Crippen LogP contribution < -0.4 is 5.32 Å². The third kappa shape index (κ3) is 5.26. The number of amides is 1. The van der Waals surface area contributed by atoms with Crippen LogP contribution >= 0.6 is 0 Å². The average molecular weight is 452 g/mol. The van der Waals surface area contributed by atoms with Gasteiger partial charge in [-0.3, -0.25) is 4.79 Å². The lowest BCUT2D eigenvalue weighted by atomic mass is 9.94. The number of aryl methyl sites for hydroxylation is 1. The molecule has 1 N–H and O–H groups in total. The molecule has 0 radical (unpaired) electrons. The number of hydrogen-bond donors (Lipinski definition) is 1. The monoisotopic (exact) mass is 452 g/mol. The maximum absolute atomic E-state index is 13.4. The zero-order valence-electron chi connectivity index (χ0n) is 17.9. The molecule has 2 fully saturated rings. The van der Waals surface area contributed by atoms with Crippen LogP contribution in [-0.2, 0) is 18.0 Å². The fourth-order valence-corrected chi connectivity index (χ4v) is 4.30. The molecule has 2 aliphatic heterocycles. The lowest BCUT2D eigenvalue weighted by Crippen LogP contribution is -2.45. The maximum atomic E-state index is 13.4. The van der Waals surface area contributed by atoms with E-state index in [4.69, 9.17) is 4.74 Å². The van der Waals surface area contributed by atoms with Gasteiger partial charge in [0.25, 0.3) is 5.91 Å². The van der Waals surface area contributed by atoms with Crippen molar-refractivity contribution in [3.8, 4) is 11.5 Å². The molecule has 0 spiro atoms. The zero-order valence-corrected chi connectivity index (χ0v) is 17.9. The minimum Gasteiger partial charge on any atom is -0.381 e. The van der Waals surface area contributed by atoms with Crippen LogP contribution in [0.4, 0.5) is 13.2 Å². The lowest BCUT2D eigenvalue weighted by molar-refractivity contribution is -0.141. The standard InChI is InChI=1S/C21H27F3N6O2/c1-29-13-25-12-17(29)19-27-16(10-18(28-19)21(22,23)24)20(31)26-11-14-2-6-30(7-3-14)15-4-8-32-9-5-15/h10,12-15H,2-9,11H2,1H3,(H,26,31). The van der Waals surface area contributed by atoms with Crippen molar-refractivity contribution in [1.82, 2.24) is 29.7 Å². The van der Waals surface area contributed by atoms with Crippen LogP contribution in [0.5, 0.6) is 0 Å². The average Bonchev–Trinajstić information content (AvgIpc) is 3.23. The summed E-state index contributed by atoms with van der Waals surface area (Å²) in [7, 11) is 1.62. The molecule has 4 heterocycles. The van der Waals surface area contributed by atoms with Crippen molar-refractivity contribution in [3.05, 3.63) is 30.0 Å². The fraction of sp³-hybridized carbons (Fsp3) is 0.619. The Labute approximate surface area is 184 Å². The number of rotatable bonds is 5. The molecule has 2 saturated heterocycles. The first-order valence-corrected chi connectivity index (χ1v) is 10.8. The number of aromatic nitrogens is 4. The number of hydrogen-bond acceptors (Lipinski definition) is 6. The molecule has 4 rings (SSSR count). The highest BCUT2D eigenvalue weighted by Gasteiger charge is 2.35. The SMILES string of the molecule is Cn1cncc1-c1nc(C(=O)NCC2CCN(C3CCOCC3)CC2)cc(C(F)(F)F)n1. The van der Waals surface area contributed by atoms with Crippen LogP contribution in [0.2, 0.25) is 0 Å². The van der Waals surface area contributed by atoms with E-state index in [1.807, 2.05) is 0 Å². The van der Waals surface area contributed by atoms with E-state index in [1.165, 1.54) is 17.1 Å². The number of nitrogens with one attached hydrogen (secondary N) is 1. The molecule has 0 bridgehead atoms. The van der Waals surface area contributed by atoms with E-state index in [1.54, 1.807) is 7.05 Å². The van der Waals surface area contributed by atoms with Gasteiger partial charge in [0.1, 0.15) is 17.1 Å². The summed E-state index contributed by atoms with van der Waals surface area (Å²) >= 11 is 0. The second-order valence-corrected chi connectivity index (χ2v) is 8.38. The van der Waals surface area contributed by atoms with E-state index in [0.717, 1.165) is 52.0 Å². The van der Waals surface area contributed by atoms with E-state index < -0.39 is 17.8 Å². The van der Waals surface area contributed by atoms with E-state index in [-0.39, 0.29) is 17.4 Å². The first kappa shape index (κ1) is 22.7. The van der Waals surface area contributed by atoms with Crippen molar-refractivity contribution in [3.63, 3.8) is 0 Å². The molecule has 2 aromatic heterocycles. The van der Waals surface area contributed by atoms with Crippen LogP contribution in [0, 0.1) is 5.92 Å². The molecular weight excluding hydrogens is 425 g/mol. The van der Waals surface area contributed by atoms with E-state index in [0.29, 0.717) is 24.3 Å². The molecule has 2 aromatic rings. The van der Waals surface area contributed by atoms with Gasteiger partial charge in [0.15, 0.2) is 5.82 Å². The molecule has 0 aliphatic carbocycles. The van der Waals surface area contributed by atoms with Crippen molar-refractivity contribution in [1.29, 1.82) is 0 Å². The summed E-state index contributed by atoms with van der Waals surface area (Å²) in [5, 5.41) is 2.77. The van der Waals surface area contributed by atoms with Gasteiger partial charge < -0.3 is 19.5 Å². The van der Waals surface area contributed by atoms with Crippen molar-refractivity contribution >= 4 is 5.91 Å². The van der Waals surface area contributed by atoms with Gasteiger partial charge in [0.2, 0.25) is 0 Å². The molecule has 32 heavy (non-hydrogen) atoms. The van der Waals surface area contributed by atoms with Crippen molar-refractivity contribution in [2.45, 2.75) is 37.9 Å². The first-order chi connectivity index (χ1) is 15.3. The second kappa shape index (κ2) is 9.53. The summed E-state index contributed by atoms with van der Waals surface area (Å²) in [5.41, 5.74) is -1.16. The van der Waals surface area contributed by atoms with E-state index in [9.17, 15) is 18.0 Å². The van der Waals surface area contributed by atoms with Crippen LogP contribution in [0.1, 0.15) is 41.9 Å². The number of nitrogens with zero attached hydrogens (tertiary/aromatic N) is 5. The summed E-state index contributed by atoms with van der Waals surface area (Å²) in [4.78, 5) is 26.7. The van der Waals surface area contributed by atoms with Crippen LogP contribution in [0.25, 0.3) is 11.5 Å². The molecule has 11 heteroatoms. The summed E-state index contributed by atoms with van der Waals surface area (Å²) in [6.45, 7) is 3.94. The number of imidazole rings is 1. The molecule has 174 valence electrons. The minimum atomic E-state index is -4.69. The number of piperidine rings is 1. The van der Waals surface area contributed by atoms with Crippen LogP contribution in [0.3, 0.4) is 0 Å². The molecule has 2 aliphatic rings. The van der Waals surface area contributed by atoms with Crippen LogP contribution in [0.15, 0.2) is 18.6 Å². The van der Waals surface area contributed by atoms with E-state index >= 15 is 0 Å². The molecule has 8 nitrogen and oxygen atoms in total. The Morgan fingerprint density at radius 2 is 1.91 bits per heavy atom. The third-order valence-corrected chi connectivity index (χ3v) is 6.20. The number of carbonyl (C=O) groups is 1.